The van der Waals surface area contributed by atoms with Crippen LogP contribution in [-0.4, -0.2) is 35.9 Å². The Kier molecular flexibility index (Phi) is 9.95. The maximum absolute atomic E-state index is 13.0. The second-order valence-electron chi connectivity index (χ2n) is 6.80. The molecule has 0 saturated heterocycles. The van der Waals surface area contributed by atoms with Crippen molar-refractivity contribution < 1.29 is 14.3 Å². The van der Waals surface area contributed by atoms with Gasteiger partial charge in [0.2, 0.25) is 5.91 Å². The summed E-state index contributed by atoms with van der Waals surface area (Å²) in [4.78, 5) is 27.1. The van der Waals surface area contributed by atoms with Gasteiger partial charge in [-0.15, -0.1) is 0 Å². The quantitative estimate of drug-likeness (QED) is 0.427. The molecule has 2 amide bonds. The molecular formula is C22H25BrCl2N2O3. The van der Waals surface area contributed by atoms with Crippen molar-refractivity contribution in [2.45, 2.75) is 39.3 Å². The number of nitrogens with zero attached hydrogens (tertiary/aromatic N) is 1. The highest BCUT2D eigenvalue weighted by atomic mass is 79.9. The molecule has 2 aromatic rings. The molecule has 0 bridgehead atoms. The zero-order valence-electron chi connectivity index (χ0n) is 17.0. The van der Waals surface area contributed by atoms with Crippen LogP contribution < -0.4 is 10.1 Å². The number of benzene rings is 2. The highest BCUT2D eigenvalue weighted by Gasteiger charge is 2.27. The van der Waals surface area contributed by atoms with Gasteiger partial charge in [0.15, 0.2) is 6.61 Å². The van der Waals surface area contributed by atoms with Crippen LogP contribution in [0.25, 0.3) is 0 Å². The lowest BCUT2D eigenvalue weighted by Gasteiger charge is -2.29. The Hall–Kier alpha value is -1.76. The number of halogens is 3. The smallest absolute Gasteiger partial charge is 0.261 e. The molecule has 0 aliphatic rings. The highest BCUT2D eigenvalue weighted by Crippen LogP contribution is 2.28. The third kappa shape index (κ3) is 7.18. The molecule has 162 valence electrons. The molecule has 0 aromatic heterocycles. The Morgan fingerprint density at radius 1 is 1.17 bits per heavy atom. The Balaban J connectivity index is 2.15. The van der Waals surface area contributed by atoms with Crippen LogP contribution in [0.3, 0.4) is 0 Å². The third-order valence-electron chi connectivity index (χ3n) is 4.54. The fourth-order valence-corrected chi connectivity index (χ4v) is 3.67. The number of hydrogen-bond acceptors (Lipinski definition) is 3. The van der Waals surface area contributed by atoms with Gasteiger partial charge in [0, 0.05) is 22.6 Å². The Bertz CT molecular complexity index is 879. The summed E-state index contributed by atoms with van der Waals surface area (Å²) in [5, 5.41) is 3.80. The zero-order valence-corrected chi connectivity index (χ0v) is 20.1. The number of hydrogen-bond donors (Lipinski definition) is 1. The van der Waals surface area contributed by atoms with Gasteiger partial charge in [-0.2, -0.15) is 0 Å². The van der Waals surface area contributed by atoms with Gasteiger partial charge in [0.25, 0.3) is 5.91 Å². The number of carbonyl (C=O) groups is 2. The topological polar surface area (TPSA) is 58.6 Å². The molecule has 1 unspecified atom stereocenters. The van der Waals surface area contributed by atoms with Crippen LogP contribution in [0.5, 0.6) is 5.75 Å². The minimum atomic E-state index is -0.686. The second kappa shape index (κ2) is 12.2. The largest absolute Gasteiger partial charge is 0.482 e. The maximum Gasteiger partial charge on any atom is 0.261 e. The van der Waals surface area contributed by atoms with E-state index in [1.54, 1.807) is 31.2 Å². The molecule has 8 heteroatoms. The lowest BCUT2D eigenvalue weighted by molar-refractivity contribution is -0.142. The van der Waals surface area contributed by atoms with Crippen LogP contribution in [0, 0.1) is 0 Å². The van der Waals surface area contributed by atoms with E-state index in [-0.39, 0.29) is 25.0 Å². The molecule has 0 fully saturated rings. The van der Waals surface area contributed by atoms with Gasteiger partial charge in [0.1, 0.15) is 11.8 Å². The summed E-state index contributed by atoms with van der Waals surface area (Å²) >= 11 is 15.8. The van der Waals surface area contributed by atoms with Gasteiger partial charge < -0.3 is 15.0 Å². The van der Waals surface area contributed by atoms with E-state index in [1.165, 1.54) is 4.90 Å². The van der Waals surface area contributed by atoms with Crippen LogP contribution in [0.1, 0.15) is 32.3 Å². The molecule has 1 N–H and O–H groups in total. The van der Waals surface area contributed by atoms with Crippen molar-refractivity contribution in [1.29, 1.82) is 0 Å². The number of amides is 2. The average molecular weight is 516 g/mol. The highest BCUT2D eigenvalue weighted by molar-refractivity contribution is 9.10. The number of carbonyl (C=O) groups excluding carboxylic acids is 2. The summed E-state index contributed by atoms with van der Waals surface area (Å²) in [6.45, 7) is 4.26. The number of ether oxygens (including phenoxy) is 1. The van der Waals surface area contributed by atoms with Crippen molar-refractivity contribution in [3.05, 3.63) is 62.5 Å². The lowest BCUT2D eigenvalue weighted by atomic mass is 10.1. The van der Waals surface area contributed by atoms with Gasteiger partial charge in [-0.1, -0.05) is 70.7 Å². The summed E-state index contributed by atoms with van der Waals surface area (Å²) in [5.41, 5.74) is 0.752. The minimum absolute atomic E-state index is 0.193. The van der Waals surface area contributed by atoms with Gasteiger partial charge in [-0.05, 0) is 43.2 Å². The molecule has 2 rings (SSSR count). The van der Waals surface area contributed by atoms with Crippen LogP contribution in [0.15, 0.2) is 46.9 Å². The second-order valence-corrected chi connectivity index (χ2v) is 8.53. The summed E-state index contributed by atoms with van der Waals surface area (Å²) in [5.74, 6) is -0.163. The average Bonchev–Trinajstić information content (AvgIpc) is 2.72. The van der Waals surface area contributed by atoms with Crippen molar-refractivity contribution in [3.63, 3.8) is 0 Å². The van der Waals surface area contributed by atoms with Crippen molar-refractivity contribution in [1.82, 2.24) is 10.2 Å². The summed E-state index contributed by atoms with van der Waals surface area (Å²) in [7, 11) is 0. The van der Waals surface area contributed by atoms with Crippen LogP contribution >= 0.6 is 39.1 Å². The normalized spacial score (nSPS) is 11.6. The predicted molar refractivity (Wildman–Crippen MR) is 124 cm³/mol. The van der Waals surface area contributed by atoms with E-state index in [2.05, 4.69) is 21.2 Å². The van der Waals surface area contributed by atoms with Crippen molar-refractivity contribution in [2.24, 2.45) is 0 Å². The zero-order chi connectivity index (χ0) is 22.1. The van der Waals surface area contributed by atoms with E-state index in [9.17, 15) is 9.59 Å². The maximum atomic E-state index is 13.0. The number of nitrogens with one attached hydrogen (secondary N) is 1. The first-order chi connectivity index (χ1) is 14.3. The standard InChI is InChI=1S/C22H25BrCl2N2O3/c1-3-4-11-26-22(29)15(2)27(13-16-7-5-6-8-18(16)24)21(28)14-30-20-10-9-17(23)12-19(20)25/h5-10,12,15H,3-4,11,13-14H2,1-2H3,(H,26,29). The predicted octanol–water partition coefficient (Wildman–Crippen LogP) is 5.47. The number of rotatable bonds is 10. The summed E-state index contributed by atoms with van der Waals surface area (Å²) in [6.07, 6.45) is 1.85. The fourth-order valence-electron chi connectivity index (χ4n) is 2.74. The molecule has 2 aromatic carbocycles. The summed E-state index contributed by atoms with van der Waals surface area (Å²) in [6, 6.07) is 11.7. The van der Waals surface area contributed by atoms with Crippen LogP contribution in [-0.2, 0) is 16.1 Å². The Labute approximate surface area is 195 Å². The van der Waals surface area contributed by atoms with Crippen molar-refractivity contribution >= 4 is 50.9 Å². The molecular weight excluding hydrogens is 491 g/mol. The van der Waals surface area contributed by atoms with E-state index < -0.39 is 6.04 Å². The van der Waals surface area contributed by atoms with Crippen LogP contribution in [0.2, 0.25) is 10.0 Å². The van der Waals surface area contributed by atoms with E-state index in [4.69, 9.17) is 27.9 Å². The van der Waals surface area contributed by atoms with Crippen LogP contribution in [0.4, 0.5) is 0 Å². The molecule has 30 heavy (non-hydrogen) atoms. The van der Waals surface area contributed by atoms with E-state index in [0.29, 0.717) is 22.3 Å². The first-order valence-corrected chi connectivity index (χ1v) is 11.3. The van der Waals surface area contributed by atoms with E-state index >= 15 is 0 Å². The fraction of sp³-hybridized carbons (Fsp3) is 0.364. The molecule has 0 aliphatic heterocycles. The van der Waals surface area contributed by atoms with E-state index in [0.717, 1.165) is 22.9 Å². The Morgan fingerprint density at radius 2 is 1.90 bits per heavy atom. The first-order valence-electron chi connectivity index (χ1n) is 9.72. The molecule has 0 spiro atoms. The Morgan fingerprint density at radius 3 is 2.57 bits per heavy atom. The van der Waals surface area contributed by atoms with Crippen molar-refractivity contribution in [3.8, 4) is 5.75 Å². The molecule has 0 radical (unpaired) electrons. The van der Waals surface area contributed by atoms with Gasteiger partial charge in [0.05, 0.1) is 5.02 Å². The molecule has 0 saturated carbocycles. The van der Waals surface area contributed by atoms with Gasteiger partial charge in [-0.25, -0.2) is 0 Å². The monoisotopic (exact) mass is 514 g/mol. The van der Waals surface area contributed by atoms with Gasteiger partial charge >= 0.3 is 0 Å². The molecule has 0 heterocycles. The SMILES string of the molecule is CCCCNC(=O)C(C)N(Cc1ccccc1Cl)C(=O)COc1ccc(Br)cc1Cl. The first kappa shape index (κ1) is 24.5. The summed E-state index contributed by atoms with van der Waals surface area (Å²) < 4.78 is 6.43. The van der Waals surface area contributed by atoms with Crippen molar-refractivity contribution in [2.75, 3.05) is 13.2 Å². The number of unbranched alkanes of at least 4 members (excludes halogenated alkanes) is 1. The third-order valence-corrected chi connectivity index (χ3v) is 5.70. The molecule has 0 aliphatic carbocycles. The minimum Gasteiger partial charge on any atom is -0.482 e. The molecule has 1 atom stereocenters. The molecule has 5 nitrogen and oxygen atoms in total. The van der Waals surface area contributed by atoms with Gasteiger partial charge in [-0.3, -0.25) is 9.59 Å². The van der Waals surface area contributed by atoms with E-state index in [1.807, 2.05) is 25.1 Å². The lowest BCUT2D eigenvalue weighted by Crippen LogP contribution is -2.49.